The molecular weight excluding hydrogens is 512 g/mol. The number of carbonyl (C=O) groups is 1. The van der Waals surface area contributed by atoms with Crippen molar-refractivity contribution < 1.29 is 17.9 Å². The lowest BCUT2D eigenvalue weighted by molar-refractivity contribution is 0.109. The van der Waals surface area contributed by atoms with E-state index in [1.54, 1.807) is 43.6 Å². The average molecular weight is 545 g/mol. The van der Waals surface area contributed by atoms with Crippen LogP contribution < -0.4 is 15.4 Å². The van der Waals surface area contributed by atoms with Gasteiger partial charge < -0.3 is 15.4 Å². The van der Waals surface area contributed by atoms with E-state index < -0.39 is 10.0 Å². The molecule has 1 amide bonds. The normalized spacial score (nSPS) is 17.9. The number of sulfonamides is 1. The van der Waals surface area contributed by atoms with Crippen LogP contribution in [0, 0.1) is 0 Å². The van der Waals surface area contributed by atoms with Crippen LogP contribution in [0.1, 0.15) is 57.4 Å². The molecule has 4 rings (SSSR count). The van der Waals surface area contributed by atoms with Gasteiger partial charge in [-0.3, -0.25) is 0 Å². The third kappa shape index (κ3) is 7.02. The zero-order valence-corrected chi connectivity index (χ0v) is 22.7. The van der Waals surface area contributed by atoms with Crippen LogP contribution in [0.5, 0.6) is 0 Å². The van der Waals surface area contributed by atoms with Crippen molar-refractivity contribution in [2.75, 3.05) is 11.9 Å². The van der Waals surface area contributed by atoms with Gasteiger partial charge in [0.1, 0.15) is 0 Å². The number of hydrogen-bond acceptors (Lipinski definition) is 9. The van der Waals surface area contributed by atoms with Gasteiger partial charge in [-0.1, -0.05) is 13.0 Å². The van der Waals surface area contributed by atoms with Crippen LogP contribution in [0.15, 0.2) is 47.6 Å². The van der Waals surface area contributed by atoms with Gasteiger partial charge in [0.2, 0.25) is 10.0 Å². The highest BCUT2D eigenvalue weighted by molar-refractivity contribution is 7.89. The van der Waals surface area contributed by atoms with Gasteiger partial charge in [0.15, 0.2) is 5.82 Å². The molecule has 1 saturated carbocycles. The average Bonchev–Trinajstić information content (AvgIpc) is 3.35. The summed E-state index contributed by atoms with van der Waals surface area (Å²) in [5.74, 6) is 0.786. The Morgan fingerprint density at radius 1 is 1.19 bits per heavy atom. The third-order valence-corrected chi connectivity index (χ3v) is 8.76. The van der Waals surface area contributed by atoms with Crippen molar-refractivity contribution in [3.05, 3.63) is 47.7 Å². The van der Waals surface area contributed by atoms with Gasteiger partial charge in [0.05, 0.1) is 20.9 Å². The number of alkyl carbamates (subject to hydrolysis) is 1. The lowest BCUT2D eigenvalue weighted by atomic mass is 9.86. The molecular formula is C25H32N6O4S2. The standard InChI is InChI=1S/C25H32N6O4S2/c1-4-28-37(33,34)22-14-19(29-23-6-5-13-27-31-23)11-12-20(22)21-15-26-24(36-21)17-7-9-18(10-8-17)30-25(32)35-16(2)3/h5-6,11-18,28H,4,7-10H2,1-3H3,(H,29,31)(H,30,32)/t17-,18-. The number of benzene rings is 1. The third-order valence-electron chi connectivity index (χ3n) is 5.98. The highest BCUT2D eigenvalue weighted by Gasteiger charge is 2.27. The molecule has 0 atom stereocenters. The first-order valence-electron chi connectivity index (χ1n) is 12.4. The summed E-state index contributed by atoms with van der Waals surface area (Å²) in [4.78, 5) is 17.5. The molecule has 10 nitrogen and oxygen atoms in total. The van der Waals surface area contributed by atoms with E-state index in [2.05, 4.69) is 30.5 Å². The maximum Gasteiger partial charge on any atom is 0.407 e. The Labute approximate surface area is 221 Å². The molecule has 0 aliphatic heterocycles. The van der Waals surface area contributed by atoms with E-state index in [0.717, 1.165) is 35.6 Å². The van der Waals surface area contributed by atoms with E-state index in [4.69, 9.17) is 4.74 Å². The van der Waals surface area contributed by atoms with E-state index in [1.165, 1.54) is 11.3 Å². The van der Waals surface area contributed by atoms with Gasteiger partial charge in [-0.05, 0) is 63.8 Å². The number of hydrogen-bond donors (Lipinski definition) is 3. The smallest absolute Gasteiger partial charge is 0.407 e. The number of carbonyl (C=O) groups excluding carboxylic acids is 1. The summed E-state index contributed by atoms with van der Waals surface area (Å²) in [5, 5.41) is 14.9. The number of amides is 1. The molecule has 0 radical (unpaired) electrons. The highest BCUT2D eigenvalue weighted by atomic mass is 32.2. The second kappa shape index (κ2) is 12.0. The SMILES string of the molecule is CCNS(=O)(=O)c1cc(Nc2cccnn2)ccc1-c1cnc([C@H]2CC[C@H](NC(=O)OC(C)C)CC2)s1. The van der Waals surface area contributed by atoms with Crippen LogP contribution in [0.25, 0.3) is 10.4 Å². The number of thiazole rings is 1. The maximum atomic E-state index is 13.1. The Bertz CT molecular complexity index is 1310. The van der Waals surface area contributed by atoms with Crippen LogP contribution in [0.3, 0.4) is 0 Å². The second-order valence-electron chi connectivity index (χ2n) is 9.16. The van der Waals surface area contributed by atoms with Gasteiger partial charge in [-0.15, -0.1) is 16.4 Å². The monoisotopic (exact) mass is 544 g/mol. The van der Waals surface area contributed by atoms with Gasteiger partial charge in [-0.2, -0.15) is 5.10 Å². The molecule has 0 bridgehead atoms. The topological polar surface area (TPSA) is 135 Å². The van der Waals surface area contributed by atoms with E-state index in [9.17, 15) is 13.2 Å². The zero-order valence-electron chi connectivity index (χ0n) is 21.1. The quantitative estimate of drug-likeness (QED) is 0.350. The molecule has 1 aliphatic rings. The molecule has 3 aromatic rings. The lowest BCUT2D eigenvalue weighted by Crippen LogP contribution is -2.38. The lowest BCUT2D eigenvalue weighted by Gasteiger charge is -2.28. The van der Waals surface area contributed by atoms with Crippen LogP contribution in [-0.2, 0) is 14.8 Å². The number of anilines is 2. The van der Waals surface area contributed by atoms with Crippen LogP contribution in [0.2, 0.25) is 0 Å². The molecule has 1 fully saturated rings. The second-order valence-corrected chi connectivity index (χ2v) is 12.0. The van der Waals surface area contributed by atoms with Crippen molar-refractivity contribution in [2.45, 2.75) is 69.4 Å². The maximum absolute atomic E-state index is 13.1. The highest BCUT2D eigenvalue weighted by Crippen LogP contribution is 2.40. The largest absolute Gasteiger partial charge is 0.447 e. The van der Waals surface area contributed by atoms with E-state index in [-0.39, 0.29) is 35.6 Å². The van der Waals surface area contributed by atoms with Crippen LogP contribution in [-0.4, -0.2) is 48.4 Å². The van der Waals surface area contributed by atoms with Crippen LogP contribution in [0.4, 0.5) is 16.3 Å². The minimum absolute atomic E-state index is 0.0909. The van der Waals surface area contributed by atoms with Crippen molar-refractivity contribution >= 4 is 39.0 Å². The summed E-state index contributed by atoms with van der Waals surface area (Å²) in [6.45, 7) is 5.68. The predicted molar refractivity (Wildman–Crippen MR) is 143 cm³/mol. The van der Waals surface area contributed by atoms with Gasteiger partial charge in [0, 0.05) is 42.1 Å². The van der Waals surface area contributed by atoms with Gasteiger partial charge in [-0.25, -0.2) is 22.9 Å². The molecule has 2 aromatic heterocycles. The molecule has 2 heterocycles. The molecule has 198 valence electrons. The fraction of sp³-hybridized carbons (Fsp3) is 0.440. The van der Waals surface area contributed by atoms with Gasteiger partial charge in [0.25, 0.3) is 0 Å². The van der Waals surface area contributed by atoms with Crippen LogP contribution >= 0.6 is 11.3 Å². The molecule has 3 N–H and O–H groups in total. The first kappa shape index (κ1) is 27.0. The molecule has 0 spiro atoms. The first-order chi connectivity index (χ1) is 17.7. The summed E-state index contributed by atoms with van der Waals surface area (Å²) in [5.41, 5.74) is 1.19. The number of nitrogens with one attached hydrogen (secondary N) is 3. The minimum Gasteiger partial charge on any atom is -0.447 e. The fourth-order valence-corrected chi connectivity index (χ4v) is 6.79. The number of ether oxygens (including phenoxy) is 1. The number of nitrogens with zero attached hydrogens (tertiary/aromatic N) is 3. The van der Waals surface area contributed by atoms with Crippen molar-refractivity contribution in [1.82, 2.24) is 25.2 Å². The summed E-state index contributed by atoms with van der Waals surface area (Å²) in [7, 11) is -3.75. The molecule has 1 aliphatic carbocycles. The number of aromatic nitrogens is 3. The Balaban J connectivity index is 1.52. The summed E-state index contributed by atoms with van der Waals surface area (Å²) in [6, 6.07) is 8.82. The molecule has 0 unspecified atom stereocenters. The Hall–Kier alpha value is -3.09. The molecule has 37 heavy (non-hydrogen) atoms. The molecule has 1 aromatic carbocycles. The molecule has 12 heteroatoms. The fourth-order valence-electron chi connectivity index (χ4n) is 4.31. The van der Waals surface area contributed by atoms with Crippen molar-refractivity contribution in [2.24, 2.45) is 0 Å². The minimum atomic E-state index is -3.75. The Morgan fingerprint density at radius 2 is 1.97 bits per heavy atom. The van der Waals surface area contributed by atoms with Gasteiger partial charge >= 0.3 is 6.09 Å². The first-order valence-corrected chi connectivity index (χ1v) is 14.7. The van der Waals surface area contributed by atoms with Crippen molar-refractivity contribution in [3.63, 3.8) is 0 Å². The van der Waals surface area contributed by atoms with E-state index >= 15 is 0 Å². The van der Waals surface area contributed by atoms with Crippen molar-refractivity contribution in [3.8, 4) is 10.4 Å². The summed E-state index contributed by atoms with van der Waals surface area (Å²) in [6.07, 6.45) is 6.27. The Morgan fingerprint density at radius 3 is 2.65 bits per heavy atom. The Kier molecular flexibility index (Phi) is 8.72. The molecule has 0 saturated heterocycles. The predicted octanol–water partition coefficient (Wildman–Crippen LogP) is 4.80. The van der Waals surface area contributed by atoms with E-state index in [1.807, 2.05) is 19.9 Å². The summed E-state index contributed by atoms with van der Waals surface area (Å²) >= 11 is 1.52. The van der Waals surface area contributed by atoms with Crippen molar-refractivity contribution in [1.29, 1.82) is 0 Å². The zero-order chi connectivity index (χ0) is 26.4. The number of rotatable bonds is 9. The van der Waals surface area contributed by atoms with E-state index in [0.29, 0.717) is 17.1 Å². The summed E-state index contributed by atoms with van der Waals surface area (Å²) < 4.78 is 34.0.